The van der Waals surface area contributed by atoms with Gasteiger partial charge in [-0.15, -0.1) is 0 Å². The Kier molecular flexibility index (Phi) is 4.95. The average Bonchev–Trinajstić information content (AvgIpc) is 2.84. The van der Waals surface area contributed by atoms with Gasteiger partial charge in [-0.25, -0.2) is 9.78 Å². The highest BCUT2D eigenvalue weighted by Gasteiger charge is 2.19. The first kappa shape index (κ1) is 15.2. The number of piperazine rings is 1. The number of nitrogens with zero attached hydrogens (tertiary/aromatic N) is 2. The van der Waals surface area contributed by atoms with Crippen molar-refractivity contribution in [1.29, 1.82) is 0 Å². The summed E-state index contributed by atoms with van der Waals surface area (Å²) in [5, 5.41) is 5.42. The van der Waals surface area contributed by atoms with E-state index in [9.17, 15) is 4.79 Å². The third-order valence-electron chi connectivity index (χ3n) is 2.73. The Morgan fingerprint density at radius 2 is 2.15 bits per heavy atom. The smallest absolute Gasteiger partial charge is 0.381 e. The molecule has 0 bridgehead atoms. The number of ether oxygens (including phenoxy) is 2. The Hall–Kier alpha value is -1.18. The maximum absolute atomic E-state index is 11.9. The highest BCUT2D eigenvalue weighted by atomic mass is 32.1. The molecule has 1 amide bonds. The normalized spacial score (nSPS) is 16.2. The molecule has 0 unspecified atom stereocenters. The van der Waals surface area contributed by atoms with Gasteiger partial charge in [-0.3, -0.25) is 0 Å². The maximum Gasteiger partial charge on any atom is 0.417 e. The van der Waals surface area contributed by atoms with Crippen LogP contribution in [0.15, 0.2) is 5.38 Å². The molecule has 1 saturated heterocycles. The van der Waals surface area contributed by atoms with E-state index in [2.05, 4.69) is 10.3 Å². The largest absolute Gasteiger partial charge is 0.417 e. The van der Waals surface area contributed by atoms with Crippen molar-refractivity contribution in [2.75, 3.05) is 26.2 Å². The summed E-state index contributed by atoms with van der Waals surface area (Å²) in [4.78, 5) is 17.8. The van der Waals surface area contributed by atoms with Crippen molar-refractivity contribution in [3.8, 4) is 5.19 Å². The Morgan fingerprint density at radius 1 is 1.45 bits per heavy atom. The highest BCUT2D eigenvalue weighted by Crippen LogP contribution is 2.21. The summed E-state index contributed by atoms with van der Waals surface area (Å²) < 4.78 is 10.9. The monoisotopic (exact) mass is 299 g/mol. The number of thiazole rings is 1. The van der Waals surface area contributed by atoms with Crippen LogP contribution < -0.4 is 10.1 Å². The minimum Gasteiger partial charge on any atom is -0.381 e. The Bertz CT molecular complexity index is 450. The number of hydrogen-bond donors (Lipinski definition) is 1. The third-order valence-corrected chi connectivity index (χ3v) is 3.50. The molecular weight excluding hydrogens is 278 g/mol. The van der Waals surface area contributed by atoms with Crippen LogP contribution in [0.3, 0.4) is 0 Å². The number of hydrogen-bond acceptors (Lipinski definition) is 6. The van der Waals surface area contributed by atoms with Gasteiger partial charge in [-0.2, -0.15) is 0 Å². The molecule has 0 spiro atoms. The van der Waals surface area contributed by atoms with Crippen molar-refractivity contribution in [2.24, 2.45) is 0 Å². The molecule has 1 N–H and O–H groups in total. The number of nitrogens with one attached hydrogen (secondary N) is 1. The summed E-state index contributed by atoms with van der Waals surface area (Å²) in [6.45, 7) is 9.34. The SMILES string of the molecule is CC(C)(C)OCc1csc(OC(=O)N2CCNCC2)n1. The molecule has 0 saturated carbocycles. The van der Waals surface area contributed by atoms with Crippen molar-refractivity contribution in [1.82, 2.24) is 15.2 Å². The van der Waals surface area contributed by atoms with Gasteiger partial charge in [0.25, 0.3) is 5.19 Å². The zero-order valence-corrected chi connectivity index (χ0v) is 13.0. The number of carbonyl (C=O) groups excluding carboxylic acids is 1. The molecule has 0 aliphatic carbocycles. The van der Waals surface area contributed by atoms with Crippen LogP contribution in [0.2, 0.25) is 0 Å². The van der Waals surface area contributed by atoms with Crippen LogP contribution in [0.4, 0.5) is 4.79 Å². The van der Waals surface area contributed by atoms with E-state index >= 15 is 0 Å². The lowest BCUT2D eigenvalue weighted by atomic mass is 10.2. The van der Waals surface area contributed by atoms with Crippen LogP contribution in [-0.4, -0.2) is 47.8 Å². The molecule has 2 rings (SSSR count). The van der Waals surface area contributed by atoms with E-state index in [1.54, 1.807) is 4.90 Å². The molecule has 0 atom stereocenters. The molecule has 20 heavy (non-hydrogen) atoms. The van der Waals surface area contributed by atoms with Gasteiger partial charge in [0, 0.05) is 31.6 Å². The van der Waals surface area contributed by atoms with Gasteiger partial charge in [0.2, 0.25) is 0 Å². The van der Waals surface area contributed by atoms with E-state index in [1.807, 2.05) is 26.2 Å². The molecule has 1 aliphatic rings. The number of carbonyl (C=O) groups is 1. The molecular formula is C13H21N3O3S. The third kappa shape index (κ3) is 4.73. The molecule has 1 aliphatic heterocycles. The summed E-state index contributed by atoms with van der Waals surface area (Å²) in [6.07, 6.45) is -0.330. The lowest BCUT2D eigenvalue weighted by molar-refractivity contribution is -0.0164. The fourth-order valence-electron chi connectivity index (χ4n) is 1.68. The van der Waals surface area contributed by atoms with Crippen LogP contribution in [0.5, 0.6) is 5.19 Å². The first-order valence-corrected chi connectivity index (χ1v) is 7.58. The van der Waals surface area contributed by atoms with Crippen molar-refractivity contribution in [3.63, 3.8) is 0 Å². The molecule has 1 aromatic rings. The fraction of sp³-hybridized carbons (Fsp3) is 0.692. The molecule has 0 radical (unpaired) electrons. The predicted octanol–water partition coefficient (Wildman–Crippen LogP) is 1.86. The molecule has 2 heterocycles. The molecule has 7 heteroatoms. The lowest BCUT2D eigenvalue weighted by Crippen LogP contribution is -2.47. The molecule has 112 valence electrons. The van der Waals surface area contributed by atoms with E-state index in [-0.39, 0.29) is 11.7 Å². The summed E-state index contributed by atoms with van der Waals surface area (Å²) in [6, 6.07) is 0. The van der Waals surface area contributed by atoms with Crippen LogP contribution in [-0.2, 0) is 11.3 Å². The fourth-order valence-corrected chi connectivity index (χ4v) is 2.33. The van der Waals surface area contributed by atoms with Crippen LogP contribution in [0, 0.1) is 0 Å². The van der Waals surface area contributed by atoms with Crippen LogP contribution in [0.1, 0.15) is 26.5 Å². The predicted molar refractivity (Wildman–Crippen MR) is 77.1 cm³/mol. The first-order valence-electron chi connectivity index (χ1n) is 6.70. The second-order valence-corrected chi connectivity index (χ2v) is 6.43. The summed E-state index contributed by atoms with van der Waals surface area (Å²) in [5.41, 5.74) is 0.578. The van der Waals surface area contributed by atoms with E-state index in [0.29, 0.717) is 24.9 Å². The van der Waals surface area contributed by atoms with Crippen LogP contribution in [0.25, 0.3) is 0 Å². The molecule has 1 fully saturated rings. The average molecular weight is 299 g/mol. The van der Waals surface area contributed by atoms with Gasteiger partial charge in [0.1, 0.15) is 0 Å². The molecule has 0 aromatic carbocycles. The Morgan fingerprint density at radius 3 is 2.80 bits per heavy atom. The van der Waals surface area contributed by atoms with E-state index in [4.69, 9.17) is 9.47 Å². The minimum atomic E-state index is -0.330. The standard InChI is InChI=1S/C13H21N3O3S/c1-13(2,3)18-8-10-9-20-11(15-10)19-12(17)16-6-4-14-5-7-16/h9,14H,4-8H2,1-3H3. The van der Waals surface area contributed by atoms with Crippen molar-refractivity contribution in [3.05, 3.63) is 11.1 Å². The lowest BCUT2D eigenvalue weighted by Gasteiger charge is -2.25. The quantitative estimate of drug-likeness (QED) is 0.923. The van der Waals surface area contributed by atoms with Crippen molar-refractivity contribution >= 4 is 17.4 Å². The van der Waals surface area contributed by atoms with Gasteiger partial charge in [-0.1, -0.05) is 11.3 Å². The maximum atomic E-state index is 11.9. The Balaban J connectivity index is 1.84. The second-order valence-electron chi connectivity index (χ2n) is 5.61. The van der Waals surface area contributed by atoms with E-state index in [1.165, 1.54) is 11.3 Å². The summed E-state index contributed by atoms with van der Waals surface area (Å²) in [7, 11) is 0. The van der Waals surface area contributed by atoms with Crippen molar-refractivity contribution < 1.29 is 14.3 Å². The van der Waals surface area contributed by atoms with E-state index in [0.717, 1.165) is 18.8 Å². The van der Waals surface area contributed by atoms with E-state index < -0.39 is 0 Å². The topological polar surface area (TPSA) is 63.7 Å². The first-order chi connectivity index (χ1) is 9.44. The Labute approximate surface area is 123 Å². The zero-order chi connectivity index (χ0) is 14.6. The number of amides is 1. The van der Waals surface area contributed by atoms with Crippen molar-refractivity contribution in [2.45, 2.75) is 33.0 Å². The molecule has 6 nitrogen and oxygen atoms in total. The minimum absolute atomic E-state index is 0.207. The van der Waals surface area contributed by atoms with Gasteiger partial charge < -0.3 is 19.7 Å². The summed E-state index contributed by atoms with van der Waals surface area (Å²) in [5.74, 6) is 0. The van der Waals surface area contributed by atoms with Crippen LogP contribution >= 0.6 is 11.3 Å². The van der Waals surface area contributed by atoms with Gasteiger partial charge in [0.15, 0.2) is 0 Å². The van der Waals surface area contributed by atoms with Gasteiger partial charge >= 0.3 is 6.09 Å². The second kappa shape index (κ2) is 6.51. The highest BCUT2D eigenvalue weighted by molar-refractivity contribution is 7.11. The van der Waals surface area contributed by atoms with Gasteiger partial charge in [0.05, 0.1) is 17.9 Å². The molecule has 1 aromatic heterocycles. The summed E-state index contributed by atoms with van der Waals surface area (Å²) >= 11 is 1.32. The number of aromatic nitrogens is 1. The number of rotatable bonds is 3. The zero-order valence-electron chi connectivity index (χ0n) is 12.1. The van der Waals surface area contributed by atoms with Gasteiger partial charge in [-0.05, 0) is 20.8 Å².